The number of hydrogen-bond acceptors (Lipinski definition) is 7. The molecule has 0 atom stereocenters. The lowest BCUT2D eigenvalue weighted by Crippen LogP contribution is -2.35. The van der Waals surface area contributed by atoms with Crippen LogP contribution >= 0.6 is 11.3 Å². The van der Waals surface area contributed by atoms with E-state index in [9.17, 15) is 21.6 Å². The number of halogens is 3. The molecule has 0 radical (unpaired) electrons. The second-order valence-electron chi connectivity index (χ2n) is 6.24. The Morgan fingerprint density at radius 2 is 1.97 bits per heavy atom. The average Bonchev–Trinajstić information content (AvgIpc) is 3.34. The minimum Gasteiger partial charge on any atom is -0.497 e. The molecule has 4 rings (SSSR count). The molecular formula is C17H14F3N3O4S2. The van der Waals surface area contributed by atoms with Gasteiger partial charge in [0.2, 0.25) is 15.8 Å². The molecule has 0 spiro atoms. The van der Waals surface area contributed by atoms with Gasteiger partial charge < -0.3 is 9.26 Å². The van der Waals surface area contributed by atoms with Gasteiger partial charge in [-0.2, -0.15) is 22.5 Å². The van der Waals surface area contributed by atoms with Gasteiger partial charge in [-0.15, -0.1) is 11.3 Å². The summed E-state index contributed by atoms with van der Waals surface area (Å²) in [6.07, 6.45) is -4.28. The number of sulfonamides is 1. The highest BCUT2D eigenvalue weighted by Crippen LogP contribution is 2.36. The van der Waals surface area contributed by atoms with Crippen LogP contribution in [0.4, 0.5) is 13.2 Å². The first-order valence-electron chi connectivity index (χ1n) is 8.35. The maximum Gasteiger partial charge on any atom is 0.471 e. The van der Waals surface area contributed by atoms with Crippen LogP contribution < -0.4 is 4.74 Å². The van der Waals surface area contributed by atoms with Gasteiger partial charge in [0, 0.05) is 18.0 Å². The smallest absolute Gasteiger partial charge is 0.471 e. The van der Waals surface area contributed by atoms with E-state index in [1.165, 1.54) is 23.5 Å². The lowest BCUT2D eigenvalue weighted by atomic mass is 10.1. The van der Waals surface area contributed by atoms with Crippen LogP contribution in [0.1, 0.15) is 16.3 Å². The van der Waals surface area contributed by atoms with Gasteiger partial charge in [0.1, 0.15) is 5.75 Å². The van der Waals surface area contributed by atoms with Gasteiger partial charge in [0.25, 0.3) is 0 Å². The third-order valence-corrected chi connectivity index (χ3v) is 7.45. The number of rotatable bonds is 4. The van der Waals surface area contributed by atoms with Crippen molar-refractivity contribution in [3.63, 3.8) is 0 Å². The first-order chi connectivity index (χ1) is 13.7. The fraction of sp³-hybridized carbons (Fsp3) is 0.294. The summed E-state index contributed by atoms with van der Waals surface area (Å²) >= 11 is 1.16. The molecule has 0 amide bonds. The monoisotopic (exact) mass is 445 g/mol. The molecule has 1 aliphatic heterocycles. The summed E-state index contributed by atoms with van der Waals surface area (Å²) in [7, 11) is -2.22. The lowest BCUT2D eigenvalue weighted by Gasteiger charge is -2.26. The number of alkyl halides is 3. The quantitative estimate of drug-likeness (QED) is 0.610. The van der Waals surface area contributed by atoms with E-state index in [1.807, 2.05) is 0 Å². The number of fused-ring (bicyclic) bond motifs is 1. The van der Waals surface area contributed by atoms with Crippen LogP contribution in [0.3, 0.4) is 0 Å². The Morgan fingerprint density at radius 3 is 2.59 bits per heavy atom. The summed E-state index contributed by atoms with van der Waals surface area (Å²) in [4.78, 5) is 4.67. The summed E-state index contributed by atoms with van der Waals surface area (Å²) in [5, 5.41) is 3.39. The molecule has 0 fully saturated rings. The number of nitrogens with zero attached hydrogens (tertiary/aromatic N) is 3. The fourth-order valence-electron chi connectivity index (χ4n) is 2.95. The van der Waals surface area contributed by atoms with Gasteiger partial charge in [-0.05, 0) is 42.3 Å². The molecule has 1 aliphatic rings. The topological polar surface area (TPSA) is 85.5 Å². The summed E-state index contributed by atoms with van der Waals surface area (Å²) in [6.45, 7) is 0.385. The predicted octanol–water partition coefficient (Wildman–Crippen LogP) is 3.57. The van der Waals surface area contributed by atoms with Crippen molar-refractivity contribution in [2.45, 2.75) is 24.0 Å². The van der Waals surface area contributed by atoms with E-state index in [0.29, 0.717) is 17.0 Å². The molecule has 29 heavy (non-hydrogen) atoms. The maximum absolute atomic E-state index is 12.9. The summed E-state index contributed by atoms with van der Waals surface area (Å²) < 4.78 is 74.5. The second kappa shape index (κ2) is 7.11. The molecule has 3 heterocycles. The van der Waals surface area contributed by atoms with Crippen molar-refractivity contribution in [1.82, 2.24) is 14.4 Å². The number of benzene rings is 1. The highest BCUT2D eigenvalue weighted by atomic mass is 32.2. The van der Waals surface area contributed by atoms with Crippen LogP contribution in [-0.2, 0) is 29.2 Å². The zero-order valence-corrected chi connectivity index (χ0v) is 16.6. The molecule has 12 heteroatoms. The van der Waals surface area contributed by atoms with Gasteiger partial charge in [0.05, 0.1) is 16.9 Å². The molecule has 7 nitrogen and oxygen atoms in total. The van der Waals surface area contributed by atoms with Crippen molar-refractivity contribution in [2.75, 3.05) is 13.7 Å². The largest absolute Gasteiger partial charge is 0.497 e. The van der Waals surface area contributed by atoms with Gasteiger partial charge >= 0.3 is 12.1 Å². The summed E-state index contributed by atoms with van der Waals surface area (Å²) in [6, 6.07) is 7.77. The summed E-state index contributed by atoms with van der Waals surface area (Å²) in [5.41, 5.74) is 0.865. The van der Waals surface area contributed by atoms with Gasteiger partial charge in [-0.3, -0.25) is 0 Å². The van der Waals surface area contributed by atoms with E-state index in [0.717, 1.165) is 21.8 Å². The maximum atomic E-state index is 12.9. The fourth-order valence-corrected chi connectivity index (χ4v) is 5.59. The molecule has 3 aromatic rings. The van der Waals surface area contributed by atoms with Crippen molar-refractivity contribution < 1.29 is 30.8 Å². The number of ether oxygens (including phenoxy) is 1. The van der Waals surface area contributed by atoms with Crippen molar-refractivity contribution in [2.24, 2.45) is 0 Å². The zero-order valence-electron chi connectivity index (χ0n) is 14.9. The standard InChI is InChI=1S/C17H14F3N3O4S2/c1-26-11-2-4-12(5-3-11)29(24,25)23-7-6-10-8-13(28-14(10)9-23)15-21-16(27-22-15)17(18,19)20/h2-5,8H,6-7,9H2,1H3. The van der Waals surface area contributed by atoms with E-state index in [-0.39, 0.29) is 23.8 Å². The second-order valence-corrected chi connectivity index (χ2v) is 9.32. The third kappa shape index (κ3) is 3.74. The number of thiophene rings is 1. The first-order valence-corrected chi connectivity index (χ1v) is 10.6. The Morgan fingerprint density at radius 1 is 1.24 bits per heavy atom. The minimum absolute atomic E-state index is 0.123. The number of methoxy groups -OCH3 is 1. The minimum atomic E-state index is -4.72. The van der Waals surface area contributed by atoms with E-state index in [4.69, 9.17) is 4.74 Å². The molecule has 0 saturated carbocycles. The zero-order chi connectivity index (χ0) is 20.8. The van der Waals surface area contributed by atoms with E-state index >= 15 is 0 Å². The highest BCUT2D eigenvalue weighted by molar-refractivity contribution is 7.89. The Balaban J connectivity index is 1.58. The molecule has 1 aromatic carbocycles. The average molecular weight is 445 g/mol. The van der Waals surface area contributed by atoms with E-state index in [2.05, 4.69) is 14.7 Å². The predicted molar refractivity (Wildman–Crippen MR) is 96.9 cm³/mol. The van der Waals surface area contributed by atoms with Crippen LogP contribution in [0.15, 0.2) is 39.8 Å². The number of aromatic nitrogens is 2. The van der Waals surface area contributed by atoms with Crippen LogP contribution in [0, 0.1) is 0 Å². The normalized spacial score (nSPS) is 15.3. The van der Waals surface area contributed by atoms with Crippen LogP contribution in [0.5, 0.6) is 5.75 Å². The van der Waals surface area contributed by atoms with Crippen molar-refractivity contribution in [3.05, 3.63) is 46.7 Å². The molecular weight excluding hydrogens is 431 g/mol. The molecule has 0 unspecified atom stereocenters. The Hall–Kier alpha value is -2.44. The Labute approximate surface area is 167 Å². The van der Waals surface area contributed by atoms with Crippen LogP contribution in [0.25, 0.3) is 10.7 Å². The number of hydrogen-bond donors (Lipinski definition) is 0. The molecule has 0 saturated heterocycles. The Kier molecular flexibility index (Phi) is 4.87. The van der Waals surface area contributed by atoms with Crippen LogP contribution in [0.2, 0.25) is 0 Å². The molecule has 154 valence electrons. The van der Waals surface area contributed by atoms with Gasteiger partial charge in [-0.1, -0.05) is 5.16 Å². The molecule has 0 bridgehead atoms. The van der Waals surface area contributed by atoms with E-state index in [1.54, 1.807) is 18.2 Å². The summed E-state index contributed by atoms with van der Waals surface area (Å²) in [5.74, 6) is -1.03. The van der Waals surface area contributed by atoms with Crippen molar-refractivity contribution in [3.8, 4) is 16.5 Å². The van der Waals surface area contributed by atoms with Crippen LogP contribution in [-0.4, -0.2) is 36.5 Å². The SMILES string of the molecule is COc1ccc(S(=O)(=O)N2CCc3cc(-c4noc(C(F)(F)F)n4)sc3C2)cc1. The van der Waals surface area contributed by atoms with Crippen molar-refractivity contribution in [1.29, 1.82) is 0 Å². The van der Waals surface area contributed by atoms with E-state index < -0.39 is 22.1 Å². The molecule has 2 aromatic heterocycles. The molecule has 0 aliphatic carbocycles. The lowest BCUT2D eigenvalue weighted by molar-refractivity contribution is -0.159. The third-order valence-electron chi connectivity index (χ3n) is 4.43. The molecule has 0 N–H and O–H groups in total. The van der Waals surface area contributed by atoms with Crippen molar-refractivity contribution >= 4 is 21.4 Å². The Bertz CT molecular complexity index is 1140. The van der Waals surface area contributed by atoms with Gasteiger partial charge in [-0.25, -0.2) is 8.42 Å². The van der Waals surface area contributed by atoms with Gasteiger partial charge in [0.15, 0.2) is 0 Å². The highest BCUT2D eigenvalue weighted by Gasteiger charge is 2.39. The first kappa shape index (κ1) is 19.9.